The van der Waals surface area contributed by atoms with Gasteiger partial charge in [-0.1, -0.05) is 71.3 Å². The minimum atomic E-state index is -0.461. The van der Waals surface area contributed by atoms with Crippen LogP contribution in [0.3, 0.4) is 0 Å². The molecule has 0 saturated heterocycles. The van der Waals surface area contributed by atoms with Gasteiger partial charge in [0.2, 0.25) is 0 Å². The average molecular weight is 499 g/mol. The van der Waals surface area contributed by atoms with Crippen molar-refractivity contribution in [2.45, 2.75) is 125 Å². The monoisotopic (exact) mass is 498 g/mol. The SMILES string of the molecule is CC1=CC2=C(CC1CC1CC=C(C(O)NCC3CCC(CN)CC3)C1)C(C)(C)CCC2(C)C.CCC. The highest BCUT2D eigenvalue weighted by Gasteiger charge is 2.41. The molecule has 0 aliphatic heterocycles. The summed E-state index contributed by atoms with van der Waals surface area (Å²) in [7, 11) is 0. The lowest BCUT2D eigenvalue weighted by Gasteiger charge is -2.46. The zero-order chi connectivity index (χ0) is 26.5. The van der Waals surface area contributed by atoms with Crippen LogP contribution in [-0.2, 0) is 0 Å². The van der Waals surface area contributed by atoms with E-state index in [2.05, 4.69) is 65.9 Å². The number of hydrogen-bond donors (Lipinski definition) is 3. The molecule has 0 heterocycles. The first-order valence-electron chi connectivity index (χ1n) is 15.2. The van der Waals surface area contributed by atoms with E-state index >= 15 is 0 Å². The number of hydrogen-bond acceptors (Lipinski definition) is 3. The molecular weight excluding hydrogens is 440 g/mol. The van der Waals surface area contributed by atoms with Crippen molar-refractivity contribution in [3.63, 3.8) is 0 Å². The van der Waals surface area contributed by atoms with Crippen LogP contribution in [0.2, 0.25) is 0 Å². The van der Waals surface area contributed by atoms with Crippen LogP contribution in [0.15, 0.2) is 34.4 Å². The van der Waals surface area contributed by atoms with Gasteiger partial charge in [-0.3, -0.25) is 5.32 Å². The Kier molecular flexibility index (Phi) is 10.5. The van der Waals surface area contributed by atoms with Gasteiger partial charge < -0.3 is 10.8 Å². The highest BCUT2D eigenvalue weighted by Crippen LogP contribution is 2.54. The predicted octanol–water partition coefficient (Wildman–Crippen LogP) is 7.91. The highest BCUT2D eigenvalue weighted by atomic mass is 16.3. The minimum Gasteiger partial charge on any atom is -0.375 e. The van der Waals surface area contributed by atoms with Gasteiger partial charge in [-0.25, -0.2) is 0 Å². The third kappa shape index (κ3) is 7.35. The standard InChI is InChI=1S/C30H50N2O.C3H8/c1-20-14-26-27(30(4,5)13-12-29(26,2)3)17-25(20)16-23-10-11-24(15-23)28(33)32-19-22-8-6-21(18-31)7-9-22;1-3-2/h11,14,21-23,25,28,32-33H,6-10,12-13,15-19,31H2,1-5H3;3H2,1-2H3. The van der Waals surface area contributed by atoms with Crippen molar-refractivity contribution in [2.24, 2.45) is 40.2 Å². The third-order valence-electron chi connectivity index (χ3n) is 9.82. The van der Waals surface area contributed by atoms with E-state index in [1.54, 1.807) is 16.7 Å². The van der Waals surface area contributed by atoms with Crippen LogP contribution in [-0.4, -0.2) is 24.4 Å². The first-order valence-corrected chi connectivity index (χ1v) is 15.2. The third-order valence-corrected chi connectivity index (χ3v) is 9.82. The second-order valence-electron chi connectivity index (χ2n) is 13.9. The summed E-state index contributed by atoms with van der Waals surface area (Å²) in [6, 6.07) is 0. The second-order valence-corrected chi connectivity index (χ2v) is 13.9. The molecular formula is C33H58N2O. The zero-order valence-electron chi connectivity index (χ0n) is 24.8. The summed E-state index contributed by atoms with van der Waals surface area (Å²) in [5.74, 6) is 2.75. The van der Waals surface area contributed by atoms with Crippen LogP contribution in [0.25, 0.3) is 0 Å². The molecule has 36 heavy (non-hydrogen) atoms. The molecule has 3 atom stereocenters. The minimum absolute atomic E-state index is 0.318. The first kappa shape index (κ1) is 29.7. The molecule has 206 valence electrons. The van der Waals surface area contributed by atoms with Gasteiger partial charge in [0.25, 0.3) is 0 Å². The highest BCUT2D eigenvalue weighted by molar-refractivity contribution is 5.43. The number of rotatable bonds is 7. The largest absolute Gasteiger partial charge is 0.375 e. The molecule has 1 fully saturated rings. The molecule has 4 rings (SSSR count). The van der Waals surface area contributed by atoms with Gasteiger partial charge in [-0.05, 0) is 123 Å². The summed E-state index contributed by atoms with van der Waals surface area (Å²) in [4.78, 5) is 0. The zero-order valence-corrected chi connectivity index (χ0v) is 24.8. The quantitative estimate of drug-likeness (QED) is 0.247. The molecule has 1 saturated carbocycles. The summed E-state index contributed by atoms with van der Waals surface area (Å²) >= 11 is 0. The fraction of sp³-hybridized carbons (Fsp3) is 0.818. The summed E-state index contributed by atoms with van der Waals surface area (Å²) in [5.41, 5.74) is 12.7. The van der Waals surface area contributed by atoms with E-state index in [-0.39, 0.29) is 0 Å². The molecule has 0 radical (unpaired) electrons. The van der Waals surface area contributed by atoms with Crippen molar-refractivity contribution in [1.29, 1.82) is 0 Å². The lowest BCUT2D eigenvalue weighted by molar-refractivity contribution is 0.151. The number of aliphatic hydroxyl groups is 1. The van der Waals surface area contributed by atoms with Crippen LogP contribution >= 0.6 is 0 Å². The van der Waals surface area contributed by atoms with Crippen molar-refractivity contribution in [2.75, 3.05) is 13.1 Å². The van der Waals surface area contributed by atoms with Gasteiger partial charge in [-0.15, -0.1) is 0 Å². The molecule has 3 unspecified atom stereocenters. The molecule has 3 heteroatoms. The Hall–Kier alpha value is -0.900. The Labute approximate surface area is 223 Å². The van der Waals surface area contributed by atoms with Crippen LogP contribution < -0.4 is 11.1 Å². The number of aliphatic hydroxyl groups excluding tert-OH is 1. The van der Waals surface area contributed by atoms with E-state index in [1.165, 1.54) is 63.4 Å². The first-order chi connectivity index (χ1) is 17.0. The lowest BCUT2D eigenvalue weighted by atomic mass is 9.58. The van der Waals surface area contributed by atoms with Crippen molar-refractivity contribution in [3.8, 4) is 0 Å². The van der Waals surface area contributed by atoms with E-state index in [1.807, 2.05) is 0 Å². The van der Waals surface area contributed by atoms with E-state index in [9.17, 15) is 5.11 Å². The molecule has 0 aromatic rings. The fourth-order valence-electron chi connectivity index (χ4n) is 7.08. The molecule has 0 aromatic carbocycles. The molecule has 0 spiro atoms. The molecule has 0 aromatic heterocycles. The van der Waals surface area contributed by atoms with Gasteiger partial charge in [-0.2, -0.15) is 0 Å². The predicted molar refractivity (Wildman–Crippen MR) is 156 cm³/mol. The van der Waals surface area contributed by atoms with Gasteiger partial charge in [0.1, 0.15) is 6.23 Å². The molecule has 0 bridgehead atoms. The summed E-state index contributed by atoms with van der Waals surface area (Å²) in [6.45, 7) is 18.2. The molecule has 0 amide bonds. The fourth-order valence-corrected chi connectivity index (χ4v) is 7.08. The second kappa shape index (κ2) is 12.8. The smallest absolute Gasteiger partial charge is 0.127 e. The summed E-state index contributed by atoms with van der Waals surface area (Å²) < 4.78 is 0. The number of nitrogens with one attached hydrogen (secondary N) is 1. The van der Waals surface area contributed by atoms with Crippen LogP contribution in [0.4, 0.5) is 0 Å². The van der Waals surface area contributed by atoms with Gasteiger partial charge in [0.15, 0.2) is 0 Å². The number of nitrogens with two attached hydrogens (primary N) is 1. The Morgan fingerprint density at radius 3 is 2.22 bits per heavy atom. The molecule has 4 N–H and O–H groups in total. The Morgan fingerprint density at radius 1 is 0.972 bits per heavy atom. The van der Waals surface area contributed by atoms with Gasteiger partial charge in [0.05, 0.1) is 0 Å². The van der Waals surface area contributed by atoms with E-state index in [4.69, 9.17) is 5.73 Å². The van der Waals surface area contributed by atoms with Crippen LogP contribution in [0.1, 0.15) is 119 Å². The van der Waals surface area contributed by atoms with E-state index in [0.717, 1.165) is 31.8 Å². The maximum Gasteiger partial charge on any atom is 0.127 e. The Bertz CT molecular complexity index is 810. The Balaban J connectivity index is 0.00000115. The van der Waals surface area contributed by atoms with Crippen molar-refractivity contribution in [3.05, 3.63) is 34.4 Å². The van der Waals surface area contributed by atoms with Crippen molar-refractivity contribution >= 4 is 0 Å². The molecule has 4 aliphatic rings. The van der Waals surface area contributed by atoms with Crippen LogP contribution in [0, 0.1) is 34.5 Å². The Morgan fingerprint density at radius 2 is 1.58 bits per heavy atom. The summed E-state index contributed by atoms with van der Waals surface area (Å²) in [5, 5.41) is 14.3. The maximum atomic E-state index is 10.8. The normalized spacial score (nSPS) is 32.1. The molecule has 3 nitrogen and oxygen atoms in total. The summed E-state index contributed by atoms with van der Waals surface area (Å²) in [6.07, 6.45) is 18.0. The van der Waals surface area contributed by atoms with Crippen LogP contribution in [0.5, 0.6) is 0 Å². The number of allylic oxidation sites excluding steroid dienone is 5. The van der Waals surface area contributed by atoms with Crippen molar-refractivity contribution in [1.82, 2.24) is 5.32 Å². The van der Waals surface area contributed by atoms with Gasteiger partial charge in [0, 0.05) is 6.54 Å². The maximum absolute atomic E-state index is 10.8. The average Bonchev–Trinajstić information content (AvgIpc) is 3.31. The van der Waals surface area contributed by atoms with Gasteiger partial charge >= 0.3 is 0 Å². The van der Waals surface area contributed by atoms with E-state index in [0.29, 0.717) is 28.6 Å². The molecule has 4 aliphatic carbocycles. The lowest BCUT2D eigenvalue weighted by Crippen LogP contribution is -2.36. The van der Waals surface area contributed by atoms with E-state index < -0.39 is 6.23 Å². The topological polar surface area (TPSA) is 58.3 Å². The van der Waals surface area contributed by atoms with Crippen molar-refractivity contribution < 1.29 is 5.11 Å².